The van der Waals surface area contributed by atoms with Crippen LogP contribution in [0.15, 0.2) is 18.2 Å². The summed E-state index contributed by atoms with van der Waals surface area (Å²) < 4.78 is 11.1. The van der Waals surface area contributed by atoms with Crippen LogP contribution in [0.25, 0.3) is 0 Å². The highest BCUT2D eigenvalue weighted by Crippen LogP contribution is 2.34. The molecule has 1 aliphatic rings. The number of anilines is 1. The van der Waals surface area contributed by atoms with Crippen LogP contribution >= 0.6 is 0 Å². The maximum absolute atomic E-state index is 12.0. The van der Waals surface area contributed by atoms with E-state index in [0.29, 0.717) is 37.7 Å². The molecular formula is C16H19NO3. The second-order valence-electron chi connectivity index (χ2n) is 4.57. The van der Waals surface area contributed by atoms with Crippen molar-refractivity contribution in [3.8, 4) is 23.8 Å². The van der Waals surface area contributed by atoms with Crippen LogP contribution in [0.3, 0.4) is 0 Å². The van der Waals surface area contributed by atoms with Crippen molar-refractivity contribution in [3.63, 3.8) is 0 Å². The minimum atomic E-state index is -0.00962. The maximum Gasteiger partial charge on any atom is 0.228 e. The Morgan fingerprint density at radius 2 is 2.00 bits per heavy atom. The van der Waals surface area contributed by atoms with Crippen molar-refractivity contribution < 1.29 is 14.3 Å². The third kappa shape index (κ3) is 2.88. The summed E-state index contributed by atoms with van der Waals surface area (Å²) in [5.74, 6) is 4.04. The van der Waals surface area contributed by atoms with E-state index in [1.807, 2.05) is 32.0 Å². The van der Waals surface area contributed by atoms with Gasteiger partial charge in [0.25, 0.3) is 0 Å². The lowest BCUT2D eigenvalue weighted by atomic mass is 10.1. The Labute approximate surface area is 119 Å². The van der Waals surface area contributed by atoms with Gasteiger partial charge in [0.05, 0.1) is 13.2 Å². The van der Waals surface area contributed by atoms with Gasteiger partial charge in [0.2, 0.25) is 5.91 Å². The lowest BCUT2D eigenvalue weighted by Crippen LogP contribution is -2.24. The van der Waals surface area contributed by atoms with Crippen molar-refractivity contribution in [2.24, 2.45) is 5.92 Å². The van der Waals surface area contributed by atoms with Crippen LogP contribution in [-0.4, -0.2) is 25.7 Å². The Bertz CT molecular complexity index is 533. The van der Waals surface area contributed by atoms with Crippen molar-refractivity contribution in [3.05, 3.63) is 18.2 Å². The van der Waals surface area contributed by atoms with Gasteiger partial charge in [0, 0.05) is 30.6 Å². The molecule has 1 aromatic carbocycles. The predicted molar refractivity (Wildman–Crippen MR) is 78.1 cm³/mol. The standard InChI is InChI=1S/C16H19NO3/c1-4-12-9-16(18)17(11-12)13-7-8-14(19-5-2)15(10-13)20-6-3/h1,7-8,10,12H,5-6,9,11H2,2-3H3. The van der Waals surface area contributed by atoms with E-state index < -0.39 is 0 Å². The van der Waals surface area contributed by atoms with E-state index in [9.17, 15) is 4.79 Å². The molecule has 1 fully saturated rings. The second-order valence-corrected chi connectivity index (χ2v) is 4.57. The SMILES string of the molecule is C#CC1CC(=O)N(c2ccc(OCC)c(OCC)c2)C1. The van der Waals surface area contributed by atoms with Gasteiger partial charge in [-0.3, -0.25) is 4.79 Å². The zero-order chi connectivity index (χ0) is 14.5. The molecule has 1 unspecified atom stereocenters. The molecule has 0 spiro atoms. The van der Waals surface area contributed by atoms with Crippen LogP contribution in [-0.2, 0) is 4.79 Å². The molecule has 1 aromatic rings. The summed E-state index contributed by atoms with van der Waals surface area (Å²) in [6, 6.07) is 5.54. The normalized spacial score (nSPS) is 17.9. The number of carbonyl (C=O) groups is 1. The van der Waals surface area contributed by atoms with Gasteiger partial charge in [-0.2, -0.15) is 0 Å². The fourth-order valence-electron chi connectivity index (χ4n) is 2.28. The first-order valence-corrected chi connectivity index (χ1v) is 6.85. The Morgan fingerprint density at radius 3 is 2.60 bits per heavy atom. The van der Waals surface area contributed by atoms with E-state index in [0.717, 1.165) is 5.69 Å². The first-order chi connectivity index (χ1) is 9.69. The molecule has 0 aromatic heterocycles. The third-order valence-electron chi connectivity index (χ3n) is 3.20. The molecule has 1 saturated heterocycles. The predicted octanol–water partition coefficient (Wildman–Crippen LogP) is 2.47. The number of amides is 1. The van der Waals surface area contributed by atoms with Gasteiger partial charge in [0.15, 0.2) is 11.5 Å². The summed E-state index contributed by atoms with van der Waals surface area (Å²) in [6.45, 7) is 5.52. The average Bonchev–Trinajstić information content (AvgIpc) is 2.82. The molecule has 4 heteroatoms. The monoisotopic (exact) mass is 273 g/mol. The van der Waals surface area contributed by atoms with Gasteiger partial charge in [-0.05, 0) is 26.0 Å². The quantitative estimate of drug-likeness (QED) is 0.774. The molecule has 0 radical (unpaired) electrons. The van der Waals surface area contributed by atoms with Crippen LogP contribution in [0, 0.1) is 18.3 Å². The van der Waals surface area contributed by atoms with E-state index in [-0.39, 0.29) is 11.8 Å². The molecular weight excluding hydrogens is 254 g/mol. The molecule has 4 nitrogen and oxygen atoms in total. The molecule has 20 heavy (non-hydrogen) atoms. The first-order valence-electron chi connectivity index (χ1n) is 6.85. The Morgan fingerprint density at radius 1 is 1.30 bits per heavy atom. The number of benzene rings is 1. The van der Waals surface area contributed by atoms with Crippen molar-refractivity contribution in [1.82, 2.24) is 0 Å². The molecule has 1 amide bonds. The van der Waals surface area contributed by atoms with E-state index in [1.54, 1.807) is 4.90 Å². The Balaban J connectivity index is 2.27. The summed E-state index contributed by atoms with van der Waals surface area (Å²) in [6.07, 6.45) is 5.81. The van der Waals surface area contributed by atoms with Crippen LogP contribution in [0.2, 0.25) is 0 Å². The van der Waals surface area contributed by atoms with E-state index in [4.69, 9.17) is 15.9 Å². The fourth-order valence-corrected chi connectivity index (χ4v) is 2.28. The zero-order valence-corrected chi connectivity index (χ0v) is 11.9. The van der Waals surface area contributed by atoms with Gasteiger partial charge >= 0.3 is 0 Å². The smallest absolute Gasteiger partial charge is 0.228 e. The van der Waals surface area contributed by atoms with E-state index in [1.165, 1.54) is 0 Å². The number of hydrogen-bond donors (Lipinski definition) is 0. The van der Waals surface area contributed by atoms with Crippen molar-refractivity contribution in [2.75, 3.05) is 24.7 Å². The zero-order valence-electron chi connectivity index (χ0n) is 11.9. The maximum atomic E-state index is 12.0. The molecule has 2 rings (SSSR count). The summed E-state index contributed by atoms with van der Waals surface area (Å²) in [5, 5.41) is 0. The lowest BCUT2D eigenvalue weighted by molar-refractivity contribution is -0.117. The summed E-state index contributed by atoms with van der Waals surface area (Å²) in [7, 11) is 0. The molecule has 106 valence electrons. The largest absolute Gasteiger partial charge is 0.490 e. The summed E-state index contributed by atoms with van der Waals surface area (Å²) in [4.78, 5) is 13.7. The lowest BCUT2D eigenvalue weighted by Gasteiger charge is -2.18. The highest BCUT2D eigenvalue weighted by molar-refractivity contribution is 5.96. The number of carbonyl (C=O) groups excluding carboxylic acids is 1. The van der Waals surface area contributed by atoms with Crippen molar-refractivity contribution in [1.29, 1.82) is 0 Å². The summed E-state index contributed by atoms with van der Waals surface area (Å²) in [5.41, 5.74) is 0.805. The molecule has 1 atom stereocenters. The van der Waals surface area contributed by atoms with Gasteiger partial charge < -0.3 is 14.4 Å². The van der Waals surface area contributed by atoms with Gasteiger partial charge in [-0.1, -0.05) is 0 Å². The molecule has 1 heterocycles. The minimum Gasteiger partial charge on any atom is -0.490 e. The minimum absolute atomic E-state index is 0.00962. The number of terminal acetylenes is 1. The third-order valence-corrected chi connectivity index (χ3v) is 3.20. The molecule has 0 bridgehead atoms. The first kappa shape index (κ1) is 14.3. The molecule has 0 saturated carbocycles. The van der Waals surface area contributed by atoms with Gasteiger partial charge in [-0.25, -0.2) is 0 Å². The molecule has 0 N–H and O–H groups in total. The van der Waals surface area contributed by atoms with Crippen molar-refractivity contribution >= 4 is 11.6 Å². The van der Waals surface area contributed by atoms with Gasteiger partial charge in [-0.15, -0.1) is 12.3 Å². The Kier molecular flexibility index (Phi) is 4.52. The number of ether oxygens (including phenoxy) is 2. The Hall–Kier alpha value is -2.15. The van der Waals surface area contributed by atoms with E-state index >= 15 is 0 Å². The van der Waals surface area contributed by atoms with Crippen LogP contribution < -0.4 is 14.4 Å². The average molecular weight is 273 g/mol. The second kappa shape index (κ2) is 6.33. The van der Waals surface area contributed by atoms with Crippen LogP contribution in [0.5, 0.6) is 11.5 Å². The highest BCUT2D eigenvalue weighted by atomic mass is 16.5. The van der Waals surface area contributed by atoms with Crippen molar-refractivity contribution in [2.45, 2.75) is 20.3 Å². The molecule has 1 aliphatic heterocycles. The van der Waals surface area contributed by atoms with Gasteiger partial charge in [0.1, 0.15) is 0 Å². The fraction of sp³-hybridized carbons (Fsp3) is 0.438. The summed E-state index contributed by atoms with van der Waals surface area (Å²) >= 11 is 0. The van der Waals surface area contributed by atoms with Crippen LogP contribution in [0.4, 0.5) is 5.69 Å². The number of hydrogen-bond acceptors (Lipinski definition) is 3. The van der Waals surface area contributed by atoms with Crippen LogP contribution in [0.1, 0.15) is 20.3 Å². The topological polar surface area (TPSA) is 38.8 Å². The van der Waals surface area contributed by atoms with E-state index in [2.05, 4.69) is 5.92 Å². The highest BCUT2D eigenvalue weighted by Gasteiger charge is 2.29. The number of nitrogens with zero attached hydrogens (tertiary/aromatic N) is 1. The molecule has 0 aliphatic carbocycles. The number of rotatable bonds is 5.